The molecule has 2 aromatic carbocycles. The van der Waals surface area contributed by atoms with Crippen molar-refractivity contribution in [3.8, 4) is 17.1 Å². The predicted octanol–water partition coefficient (Wildman–Crippen LogP) is 4.60. The maximum Gasteiger partial charge on any atom is 0.230 e. The summed E-state index contributed by atoms with van der Waals surface area (Å²) in [6.45, 7) is 2.80. The number of nitrogens with one attached hydrogen (secondary N) is 1. The third-order valence-corrected chi connectivity index (χ3v) is 5.21. The van der Waals surface area contributed by atoms with Gasteiger partial charge in [-0.2, -0.15) is 0 Å². The SMILES string of the molecule is CCCCNC(=O)CSc1nnc(-c2ccccc2Cl)n1-c1ccccc1. The molecule has 0 unspecified atom stereocenters. The summed E-state index contributed by atoms with van der Waals surface area (Å²) in [4.78, 5) is 12.1. The van der Waals surface area contributed by atoms with Crippen molar-refractivity contribution in [2.45, 2.75) is 24.9 Å². The molecule has 0 aliphatic heterocycles. The second-order valence-electron chi connectivity index (χ2n) is 5.95. The number of thioether (sulfide) groups is 1. The first-order chi connectivity index (χ1) is 13.2. The Morgan fingerprint density at radius 2 is 1.85 bits per heavy atom. The normalized spacial score (nSPS) is 10.7. The Morgan fingerprint density at radius 3 is 2.59 bits per heavy atom. The Morgan fingerprint density at radius 1 is 1.11 bits per heavy atom. The zero-order chi connectivity index (χ0) is 19.1. The summed E-state index contributed by atoms with van der Waals surface area (Å²) < 4.78 is 1.94. The lowest BCUT2D eigenvalue weighted by atomic mass is 10.2. The molecule has 0 saturated carbocycles. The number of hydrogen-bond donors (Lipinski definition) is 1. The van der Waals surface area contributed by atoms with Gasteiger partial charge in [-0.1, -0.05) is 67.0 Å². The van der Waals surface area contributed by atoms with Crippen molar-refractivity contribution in [2.24, 2.45) is 0 Å². The van der Waals surface area contributed by atoms with Crippen molar-refractivity contribution in [1.29, 1.82) is 0 Å². The number of carbonyl (C=O) groups excluding carboxylic acids is 1. The van der Waals surface area contributed by atoms with Crippen LogP contribution in [0.25, 0.3) is 17.1 Å². The van der Waals surface area contributed by atoms with Gasteiger partial charge in [-0.15, -0.1) is 10.2 Å². The monoisotopic (exact) mass is 400 g/mol. The van der Waals surface area contributed by atoms with Crippen LogP contribution in [0, 0.1) is 0 Å². The van der Waals surface area contributed by atoms with Crippen LogP contribution in [0.2, 0.25) is 5.02 Å². The molecular weight excluding hydrogens is 380 g/mol. The molecule has 0 bridgehead atoms. The van der Waals surface area contributed by atoms with Crippen LogP contribution in [-0.4, -0.2) is 33.0 Å². The second-order valence-corrected chi connectivity index (χ2v) is 7.30. The second kappa shape index (κ2) is 9.58. The molecular formula is C20H21ClN4OS. The largest absolute Gasteiger partial charge is 0.355 e. The van der Waals surface area contributed by atoms with E-state index in [2.05, 4.69) is 22.4 Å². The molecule has 3 rings (SSSR count). The van der Waals surface area contributed by atoms with Crippen LogP contribution in [0.1, 0.15) is 19.8 Å². The fraction of sp³-hybridized carbons (Fsp3) is 0.250. The highest BCUT2D eigenvalue weighted by Crippen LogP contribution is 2.31. The molecule has 0 atom stereocenters. The van der Waals surface area contributed by atoms with E-state index < -0.39 is 0 Å². The fourth-order valence-corrected chi connectivity index (χ4v) is 3.58. The van der Waals surface area contributed by atoms with Gasteiger partial charge in [-0.05, 0) is 30.7 Å². The van der Waals surface area contributed by atoms with Gasteiger partial charge >= 0.3 is 0 Å². The quantitative estimate of drug-likeness (QED) is 0.443. The Bertz CT molecular complexity index is 898. The van der Waals surface area contributed by atoms with Gasteiger partial charge in [0.2, 0.25) is 5.91 Å². The minimum atomic E-state index is -0.00430. The third-order valence-electron chi connectivity index (χ3n) is 3.95. The lowest BCUT2D eigenvalue weighted by molar-refractivity contribution is -0.118. The highest BCUT2D eigenvalue weighted by atomic mass is 35.5. The molecule has 1 amide bonds. The highest BCUT2D eigenvalue weighted by molar-refractivity contribution is 7.99. The topological polar surface area (TPSA) is 59.8 Å². The molecule has 7 heteroatoms. The lowest BCUT2D eigenvalue weighted by Crippen LogP contribution is -2.26. The molecule has 1 N–H and O–H groups in total. The van der Waals surface area contributed by atoms with Crippen LogP contribution in [0.3, 0.4) is 0 Å². The number of carbonyl (C=O) groups is 1. The minimum Gasteiger partial charge on any atom is -0.355 e. The number of para-hydroxylation sites is 1. The number of nitrogens with zero attached hydrogens (tertiary/aromatic N) is 3. The molecule has 140 valence electrons. The summed E-state index contributed by atoms with van der Waals surface area (Å²) in [5.41, 5.74) is 1.72. The molecule has 0 spiro atoms. The van der Waals surface area contributed by atoms with E-state index in [4.69, 9.17) is 11.6 Å². The van der Waals surface area contributed by atoms with Crippen LogP contribution in [0.5, 0.6) is 0 Å². The average molecular weight is 401 g/mol. The molecule has 5 nitrogen and oxygen atoms in total. The average Bonchev–Trinajstić information content (AvgIpc) is 3.11. The summed E-state index contributed by atoms with van der Waals surface area (Å²) in [5, 5.41) is 12.9. The van der Waals surface area contributed by atoms with Gasteiger partial charge in [0, 0.05) is 17.8 Å². The smallest absolute Gasteiger partial charge is 0.230 e. The summed E-state index contributed by atoms with van der Waals surface area (Å²) in [6.07, 6.45) is 2.03. The van der Waals surface area contributed by atoms with Crippen LogP contribution < -0.4 is 5.32 Å². The Hall–Kier alpha value is -2.31. The zero-order valence-corrected chi connectivity index (χ0v) is 16.6. The van der Waals surface area contributed by atoms with E-state index in [0.717, 1.165) is 24.1 Å². The van der Waals surface area contributed by atoms with Gasteiger partial charge in [-0.3, -0.25) is 9.36 Å². The standard InChI is InChI=1S/C20H21ClN4OS/c1-2-3-13-22-18(26)14-27-20-24-23-19(16-11-7-8-12-17(16)21)25(20)15-9-5-4-6-10-15/h4-12H,2-3,13-14H2,1H3,(H,22,26). The van der Waals surface area contributed by atoms with E-state index in [1.54, 1.807) is 0 Å². The van der Waals surface area contributed by atoms with Gasteiger partial charge in [0.05, 0.1) is 10.8 Å². The van der Waals surface area contributed by atoms with Crippen molar-refractivity contribution < 1.29 is 4.79 Å². The Kier molecular flexibility index (Phi) is 6.90. The van der Waals surface area contributed by atoms with E-state index in [-0.39, 0.29) is 11.7 Å². The molecule has 27 heavy (non-hydrogen) atoms. The number of amides is 1. The molecule has 3 aromatic rings. The molecule has 0 aliphatic carbocycles. The fourth-order valence-electron chi connectivity index (χ4n) is 2.58. The molecule has 1 heterocycles. The van der Waals surface area contributed by atoms with E-state index in [9.17, 15) is 4.79 Å². The van der Waals surface area contributed by atoms with Crippen LogP contribution >= 0.6 is 23.4 Å². The van der Waals surface area contributed by atoms with Crippen LogP contribution in [0.4, 0.5) is 0 Å². The van der Waals surface area contributed by atoms with E-state index >= 15 is 0 Å². The van der Waals surface area contributed by atoms with Gasteiger partial charge in [0.1, 0.15) is 0 Å². The summed E-state index contributed by atoms with van der Waals surface area (Å²) in [5.74, 6) is 0.938. The molecule has 0 saturated heterocycles. The van der Waals surface area contributed by atoms with Crippen LogP contribution in [0.15, 0.2) is 59.8 Å². The first kappa shape index (κ1) is 19.5. The number of unbranched alkanes of at least 4 members (excludes halogenated alkanes) is 1. The highest BCUT2D eigenvalue weighted by Gasteiger charge is 2.18. The van der Waals surface area contributed by atoms with Gasteiger partial charge in [0.25, 0.3) is 0 Å². The predicted molar refractivity (Wildman–Crippen MR) is 110 cm³/mol. The van der Waals surface area contributed by atoms with Crippen molar-refractivity contribution >= 4 is 29.3 Å². The van der Waals surface area contributed by atoms with Crippen molar-refractivity contribution in [3.63, 3.8) is 0 Å². The third kappa shape index (κ3) is 4.90. The summed E-state index contributed by atoms with van der Waals surface area (Å²) in [6, 6.07) is 17.4. The summed E-state index contributed by atoms with van der Waals surface area (Å²) in [7, 11) is 0. The first-order valence-electron chi connectivity index (χ1n) is 8.86. The molecule has 1 aromatic heterocycles. The molecule has 0 radical (unpaired) electrons. The van der Waals surface area contributed by atoms with Crippen molar-refractivity contribution in [2.75, 3.05) is 12.3 Å². The van der Waals surface area contributed by atoms with Crippen LogP contribution in [-0.2, 0) is 4.79 Å². The van der Waals surface area contributed by atoms with Gasteiger partial charge in [0.15, 0.2) is 11.0 Å². The Labute approximate surface area is 168 Å². The van der Waals surface area contributed by atoms with E-state index in [1.165, 1.54) is 11.8 Å². The molecule has 0 fully saturated rings. The number of aromatic nitrogens is 3. The maximum atomic E-state index is 12.1. The van der Waals surface area contributed by atoms with Gasteiger partial charge < -0.3 is 5.32 Å². The van der Waals surface area contributed by atoms with Gasteiger partial charge in [-0.25, -0.2) is 0 Å². The van der Waals surface area contributed by atoms with Crippen molar-refractivity contribution in [1.82, 2.24) is 20.1 Å². The Balaban J connectivity index is 1.89. The lowest BCUT2D eigenvalue weighted by Gasteiger charge is -2.11. The molecule has 0 aliphatic rings. The number of rotatable bonds is 8. The number of hydrogen-bond acceptors (Lipinski definition) is 4. The van der Waals surface area contributed by atoms with E-state index in [0.29, 0.717) is 22.5 Å². The minimum absolute atomic E-state index is 0.00430. The zero-order valence-electron chi connectivity index (χ0n) is 15.1. The number of benzene rings is 2. The summed E-state index contributed by atoms with van der Waals surface area (Å²) >= 11 is 7.74. The maximum absolute atomic E-state index is 12.1. The van der Waals surface area contributed by atoms with E-state index in [1.807, 2.05) is 59.2 Å². The number of halogens is 1. The van der Waals surface area contributed by atoms with Crippen molar-refractivity contribution in [3.05, 3.63) is 59.6 Å². The first-order valence-corrected chi connectivity index (χ1v) is 10.2.